The molecule has 0 bridgehead atoms. The lowest BCUT2D eigenvalue weighted by molar-refractivity contribution is -0.129. The van der Waals surface area contributed by atoms with Crippen molar-refractivity contribution in [3.63, 3.8) is 0 Å². The van der Waals surface area contributed by atoms with E-state index in [1.54, 1.807) is 11.3 Å². The predicted octanol–water partition coefficient (Wildman–Crippen LogP) is 3.32. The topological polar surface area (TPSA) is 49.3 Å². The summed E-state index contributed by atoms with van der Waals surface area (Å²) < 4.78 is 0. The Morgan fingerprint density at radius 2 is 1.91 bits per heavy atom. The summed E-state index contributed by atoms with van der Waals surface area (Å²) in [7, 11) is 0. The number of nitrogens with one attached hydrogen (secondary N) is 1. The van der Waals surface area contributed by atoms with Crippen molar-refractivity contribution in [1.82, 2.24) is 5.32 Å². The number of hydrogen-bond acceptors (Lipinski definition) is 4. The van der Waals surface area contributed by atoms with Crippen molar-refractivity contribution in [2.75, 3.05) is 18.1 Å². The molecular weight excluding hydrogens is 314 g/mol. The molecule has 0 radical (unpaired) electrons. The Hall–Kier alpha value is -0.520. The highest BCUT2D eigenvalue weighted by Crippen LogP contribution is 2.42. The smallest absolute Gasteiger partial charge is 0.231 e. The minimum atomic E-state index is -0.702. The van der Waals surface area contributed by atoms with E-state index in [2.05, 4.69) is 16.8 Å². The van der Waals surface area contributed by atoms with Gasteiger partial charge in [0, 0.05) is 11.4 Å². The lowest BCUT2D eigenvalue weighted by Crippen LogP contribution is -2.51. The van der Waals surface area contributed by atoms with Crippen molar-refractivity contribution < 1.29 is 9.90 Å². The van der Waals surface area contributed by atoms with Gasteiger partial charge in [-0.05, 0) is 48.6 Å². The van der Waals surface area contributed by atoms with Gasteiger partial charge >= 0.3 is 0 Å². The fraction of sp³-hybridized carbons (Fsp3) is 0.706. The summed E-state index contributed by atoms with van der Waals surface area (Å²) in [6.45, 7) is 0.402. The Balaban J connectivity index is 1.70. The molecule has 2 aliphatic rings. The summed E-state index contributed by atoms with van der Waals surface area (Å²) in [5, 5.41) is 15.8. The molecule has 1 saturated heterocycles. The zero-order valence-corrected chi connectivity index (χ0v) is 14.6. The largest absolute Gasteiger partial charge is 0.388 e. The number of hydrogen-bond donors (Lipinski definition) is 2. The highest BCUT2D eigenvalue weighted by molar-refractivity contribution is 7.99. The number of amides is 1. The monoisotopic (exact) mass is 339 g/mol. The van der Waals surface area contributed by atoms with Crippen LogP contribution in [0.25, 0.3) is 0 Å². The van der Waals surface area contributed by atoms with Crippen molar-refractivity contribution >= 4 is 29.0 Å². The Labute approximate surface area is 140 Å². The molecule has 2 N–H and O–H groups in total. The van der Waals surface area contributed by atoms with Gasteiger partial charge in [-0.3, -0.25) is 4.79 Å². The first-order valence-electron chi connectivity index (χ1n) is 8.27. The summed E-state index contributed by atoms with van der Waals surface area (Å²) in [5.41, 5.74) is -1.06. The molecule has 22 heavy (non-hydrogen) atoms. The van der Waals surface area contributed by atoms with E-state index in [0.717, 1.165) is 50.0 Å². The molecule has 0 spiro atoms. The molecule has 1 aromatic rings. The van der Waals surface area contributed by atoms with Gasteiger partial charge in [-0.25, -0.2) is 0 Å². The van der Waals surface area contributed by atoms with Crippen LogP contribution in [-0.4, -0.2) is 34.7 Å². The van der Waals surface area contributed by atoms with Gasteiger partial charge in [0.1, 0.15) is 0 Å². The van der Waals surface area contributed by atoms with Gasteiger partial charge < -0.3 is 10.4 Å². The van der Waals surface area contributed by atoms with Gasteiger partial charge in [-0.15, -0.1) is 11.3 Å². The number of rotatable bonds is 4. The summed E-state index contributed by atoms with van der Waals surface area (Å²) >= 11 is 3.58. The van der Waals surface area contributed by atoms with E-state index in [4.69, 9.17) is 0 Å². The molecule has 122 valence electrons. The third-order valence-corrected chi connectivity index (χ3v) is 7.20. The quantitative estimate of drug-likeness (QED) is 0.885. The van der Waals surface area contributed by atoms with Crippen LogP contribution in [0.2, 0.25) is 0 Å². The zero-order valence-electron chi connectivity index (χ0n) is 13.0. The molecule has 1 amide bonds. The number of aliphatic hydroxyl groups is 1. The molecule has 1 aromatic heterocycles. The first kappa shape index (κ1) is 16.3. The SMILES string of the molecule is O=C(NCC1(O)CCSCC1)C1(c2cccs2)CCCCC1. The average molecular weight is 340 g/mol. The summed E-state index contributed by atoms with van der Waals surface area (Å²) in [6, 6.07) is 4.14. The maximum absolute atomic E-state index is 13.0. The normalized spacial score (nSPS) is 23.9. The molecule has 0 aromatic carbocycles. The van der Waals surface area contributed by atoms with Gasteiger partial charge in [0.2, 0.25) is 5.91 Å². The number of thiophene rings is 1. The fourth-order valence-electron chi connectivity index (χ4n) is 3.63. The highest BCUT2D eigenvalue weighted by Gasteiger charge is 2.42. The first-order chi connectivity index (χ1) is 10.6. The Kier molecular flexibility index (Phi) is 5.15. The van der Waals surface area contributed by atoms with E-state index >= 15 is 0 Å². The number of carbonyl (C=O) groups is 1. The molecule has 3 rings (SSSR count). The summed E-state index contributed by atoms with van der Waals surface area (Å²) in [6.07, 6.45) is 6.90. The van der Waals surface area contributed by atoms with E-state index < -0.39 is 5.60 Å². The molecular formula is C17H25NO2S2. The maximum Gasteiger partial charge on any atom is 0.231 e. The maximum atomic E-state index is 13.0. The Morgan fingerprint density at radius 3 is 2.55 bits per heavy atom. The van der Waals surface area contributed by atoms with Crippen molar-refractivity contribution in [3.05, 3.63) is 22.4 Å². The molecule has 1 saturated carbocycles. The van der Waals surface area contributed by atoms with Crippen molar-refractivity contribution in [2.45, 2.75) is 56.0 Å². The Morgan fingerprint density at radius 1 is 1.18 bits per heavy atom. The second kappa shape index (κ2) is 6.93. The van der Waals surface area contributed by atoms with Crippen LogP contribution >= 0.6 is 23.1 Å². The minimum Gasteiger partial charge on any atom is -0.388 e. The number of carbonyl (C=O) groups excluding carboxylic acids is 1. The molecule has 2 fully saturated rings. The fourth-order valence-corrected chi connectivity index (χ4v) is 5.87. The third kappa shape index (κ3) is 3.36. The molecule has 1 aliphatic carbocycles. The highest BCUT2D eigenvalue weighted by atomic mass is 32.2. The van der Waals surface area contributed by atoms with E-state index in [1.807, 2.05) is 17.8 Å². The molecule has 0 atom stereocenters. The van der Waals surface area contributed by atoms with E-state index in [1.165, 1.54) is 11.3 Å². The van der Waals surface area contributed by atoms with Gasteiger partial charge in [0.25, 0.3) is 0 Å². The summed E-state index contributed by atoms with van der Waals surface area (Å²) in [4.78, 5) is 14.2. The van der Waals surface area contributed by atoms with Crippen LogP contribution in [0.5, 0.6) is 0 Å². The summed E-state index contributed by atoms with van der Waals surface area (Å²) in [5.74, 6) is 2.10. The zero-order chi connectivity index (χ0) is 15.5. The van der Waals surface area contributed by atoms with Crippen LogP contribution < -0.4 is 5.32 Å². The molecule has 2 heterocycles. The van der Waals surface area contributed by atoms with E-state index in [0.29, 0.717) is 6.54 Å². The molecule has 1 aliphatic heterocycles. The van der Waals surface area contributed by atoms with Gasteiger partial charge in [0.05, 0.1) is 11.0 Å². The predicted molar refractivity (Wildman–Crippen MR) is 93.6 cm³/mol. The van der Waals surface area contributed by atoms with E-state index in [9.17, 15) is 9.90 Å². The second-order valence-corrected chi connectivity index (χ2v) is 8.81. The van der Waals surface area contributed by atoms with Crippen LogP contribution in [0.1, 0.15) is 49.8 Å². The Bertz CT molecular complexity index is 489. The lowest BCUT2D eigenvalue weighted by atomic mass is 9.72. The van der Waals surface area contributed by atoms with Crippen LogP contribution in [0.15, 0.2) is 17.5 Å². The van der Waals surface area contributed by atoms with E-state index in [-0.39, 0.29) is 11.3 Å². The molecule has 5 heteroatoms. The van der Waals surface area contributed by atoms with Gasteiger partial charge in [0.15, 0.2) is 0 Å². The number of thioether (sulfide) groups is 1. The van der Waals surface area contributed by atoms with Crippen LogP contribution in [0.4, 0.5) is 0 Å². The standard InChI is InChI=1S/C17H25NO2S2/c19-15(18-13-16(20)8-11-21-12-9-16)17(6-2-1-3-7-17)14-5-4-10-22-14/h4-5,10,20H,1-3,6-9,11-13H2,(H,18,19). The average Bonchev–Trinajstić information content (AvgIpc) is 3.09. The van der Waals surface area contributed by atoms with Gasteiger partial charge in [-0.1, -0.05) is 25.3 Å². The van der Waals surface area contributed by atoms with Crippen molar-refractivity contribution in [1.29, 1.82) is 0 Å². The van der Waals surface area contributed by atoms with Crippen molar-refractivity contribution in [2.24, 2.45) is 0 Å². The van der Waals surface area contributed by atoms with Crippen LogP contribution in [-0.2, 0) is 10.2 Å². The molecule has 0 unspecified atom stereocenters. The second-order valence-electron chi connectivity index (χ2n) is 6.64. The van der Waals surface area contributed by atoms with Gasteiger partial charge in [-0.2, -0.15) is 11.8 Å². The van der Waals surface area contributed by atoms with Crippen molar-refractivity contribution in [3.8, 4) is 0 Å². The molecule has 3 nitrogen and oxygen atoms in total. The van der Waals surface area contributed by atoms with Crippen LogP contribution in [0, 0.1) is 0 Å². The lowest BCUT2D eigenvalue weighted by Gasteiger charge is -2.37. The van der Waals surface area contributed by atoms with Crippen LogP contribution in [0.3, 0.4) is 0 Å². The minimum absolute atomic E-state index is 0.126. The third-order valence-electron chi connectivity index (χ3n) is 5.14. The first-order valence-corrected chi connectivity index (χ1v) is 10.3.